The van der Waals surface area contributed by atoms with Gasteiger partial charge in [0.05, 0.1) is 17.3 Å². The summed E-state index contributed by atoms with van der Waals surface area (Å²) in [5, 5.41) is 31.2. The summed E-state index contributed by atoms with van der Waals surface area (Å²) in [5.41, 5.74) is 2.07. The lowest BCUT2D eigenvalue weighted by atomic mass is 9.76. The van der Waals surface area contributed by atoms with Gasteiger partial charge in [0.2, 0.25) is 0 Å². The lowest BCUT2D eigenvalue weighted by Gasteiger charge is -2.35. The van der Waals surface area contributed by atoms with Crippen LogP contribution in [0.25, 0.3) is 11.3 Å². The van der Waals surface area contributed by atoms with Crippen LogP contribution in [-0.4, -0.2) is 31.2 Å². The van der Waals surface area contributed by atoms with Gasteiger partial charge in [0.25, 0.3) is 0 Å². The number of thiazole rings is 1. The minimum atomic E-state index is -1.93. The highest BCUT2D eigenvalue weighted by atomic mass is 32.1. The summed E-state index contributed by atoms with van der Waals surface area (Å²) >= 11 is 1.23. The molecule has 0 saturated heterocycles. The molecule has 0 aliphatic carbocycles. The monoisotopic (exact) mass is 613 g/mol. The van der Waals surface area contributed by atoms with Crippen molar-refractivity contribution in [3.8, 4) is 23.1 Å². The van der Waals surface area contributed by atoms with Crippen LogP contribution in [0.1, 0.15) is 64.3 Å². The van der Waals surface area contributed by atoms with Gasteiger partial charge in [-0.2, -0.15) is 10.4 Å². The predicted molar refractivity (Wildman–Crippen MR) is 161 cm³/mol. The first-order valence-electron chi connectivity index (χ1n) is 13.9. The van der Waals surface area contributed by atoms with Gasteiger partial charge >= 0.3 is 5.97 Å². The molecule has 2 atom stereocenters. The molecule has 224 valence electrons. The maximum absolute atomic E-state index is 15.5. The molecule has 0 bridgehead atoms. The number of nitriles is 1. The molecule has 0 amide bonds. The molecule has 0 aliphatic rings. The quantitative estimate of drug-likeness (QED) is 0.133. The first-order valence-corrected chi connectivity index (χ1v) is 14.7. The molecule has 11 heteroatoms. The SMILES string of the molecule is CC(=O)Oc1c(C)cc(CCC[C@](O)(c2ccc(F)cc2F)C(c2ncn[nH]2)c2nc(-c3ccccc3C#N)cs2)cc1C. The van der Waals surface area contributed by atoms with Crippen LogP contribution in [-0.2, 0) is 16.8 Å². The van der Waals surface area contributed by atoms with Crippen LogP contribution in [0, 0.1) is 36.8 Å². The van der Waals surface area contributed by atoms with Crippen molar-refractivity contribution in [3.63, 3.8) is 0 Å². The van der Waals surface area contributed by atoms with Crippen molar-refractivity contribution in [3.05, 3.63) is 117 Å². The van der Waals surface area contributed by atoms with Crippen molar-refractivity contribution in [1.82, 2.24) is 20.2 Å². The van der Waals surface area contributed by atoms with Crippen molar-refractivity contribution in [1.29, 1.82) is 5.26 Å². The van der Waals surface area contributed by atoms with E-state index in [1.807, 2.05) is 26.0 Å². The van der Waals surface area contributed by atoms with Crippen molar-refractivity contribution in [2.24, 2.45) is 0 Å². The number of H-pyrrole nitrogens is 1. The summed E-state index contributed by atoms with van der Waals surface area (Å²) in [6.45, 7) is 5.05. The van der Waals surface area contributed by atoms with E-state index in [4.69, 9.17) is 9.72 Å². The zero-order chi connectivity index (χ0) is 31.4. The Labute approximate surface area is 257 Å². The van der Waals surface area contributed by atoms with E-state index in [0.717, 1.165) is 28.8 Å². The molecule has 8 nitrogen and oxygen atoms in total. The number of hydrogen-bond donors (Lipinski definition) is 2. The minimum Gasteiger partial charge on any atom is -0.426 e. The zero-order valence-corrected chi connectivity index (χ0v) is 25.1. The van der Waals surface area contributed by atoms with E-state index < -0.39 is 29.1 Å². The zero-order valence-electron chi connectivity index (χ0n) is 24.3. The maximum atomic E-state index is 15.5. The highest BCUT2D eigenvalue weighted by Crippen LogP contribution is 2.46. The Kier molecular flexibility index (Phi) is 8.94. The molecule has 44 heavy (non-hydrogen) atoms. The lowest BCUT2D eigenvalue weighted by molar-refractivity contribution is -0.131. The van der Waals surface area contributed by atoms with Crippen LogP contribution in [0.4, 0.5) is 8.78 Å². The number of ether oxygens (including phenoxy) is 1. The third-order valence-electron chi connectivity index (χ3n) is 7.46. The molecule has 2 N–H and O–H groups in total. The second kappa shape index (κ2) is 12.8. The lowest BCUT2D eigenvalue weighted by Crippen LogP contribution is -2.36. The van der Waals surface area contributed by atoms with Crippen LogP contribution in [0.2, 0.25) is 0 Å². The number of carbonyl (C=O) groups is 1. The van der Waals surface area contributed by atoms with E-state index in [0.29, 0.717) is 40.4 Å². The highest BCUT2D eigenvalue weighted by Gasteiger charge is 2.45. The molecule has 5 aromatic rings. The number of nitrogens with zero attached hydrogens (tertiary/aromatic N) is 4. The molecular formula is C33H29F2N5O3S. The van der Waals surface area contributed by atoms with Gasteiger partial charge in [-0.25, -0.2) is 18.7 Å². The van der Waals surface area contributed by atoms with Crippen molar-refractivity contribution in [2.75, 3.05) is 0 Å². The van der Waals surface area contributed by atoms with E-state index in [-0.39, 0.29) is 17.8 Å². The molecule has 1 unspecified atom stereocenters. The van der Waals surface area contributed by atoms with Gasteiger partial charge in [-0.1, -0.05) is 36.4 Å². The predicted octanol–water partition coefficient (Wildman–Crippen LogP) is 6.66. The summed E-state index contributed by atoms with van der Waals surface area (Å²) < 4.78 is 34.9. The number of esters is 1. The van der Waals surface area contributed by atoms with Gasteiger partial charge in [0.15, 0.2) is 0 Å². The van der Waals surface area contributed by atoms with Crippen molar-refractivity contribution >= 4 is 17.3 Å². The molecule has 2 aromatic heterocycles. The fourth-order valence-electron chi connectivity index (χ4n) is 5.58. The number of halogens is 2. The Morgan fingerprint density at radius 2 is 1.91 bits per heavy atom. The van der Waals surface area contributed by atoms with Crippen LogP contribution in [0.5, 0.6) is 5.75 Å². The minimum absolute atomic E-state index is 0.0500. The average Bonchev–Trinajstić information content (AvgIpc) is 3.68. The average molecular weight is 614 g/mol. The van der Waals surface area contributed by atoms with E-state index in [2.05, 4.69) is 21.3 Å². The second-order valence-corrected chi connectivity index (χ2v) is 11.5. The summed E-state index contributed by atoms with van der Waals surface area (Å²) in [5.74, 6) is -2.32. The molecule has 3 aromatic carbocycles. The molecule has 5 rings (SSSR count). The topological polar surface area (TPSA) is 125 Å². The summed E-state index contributed by atoms with van der Waals surface area (Å²) in [4.78, 5) is 20.6. The number of aromatic amines is 1. The van der Waals surface area contributed by atoms with Crippen LogP contribution in [0.3, 0.4) is 0 Å². The van der Waals surface area contributed by atoms with Gasteiger partial charge in [0.1, 0.15) is 46.1 Å². The molecule has 0 fully saturated rings. The van der Waals surface area contributed by atoms with E-state index >= 15 is 4.39 Å². The largest absolute Gasteiger partial charge is 0.426 e. The van der Waals surface area contributed by atoms with Gasteiger partial charge in [-0.3, -0.25) is 9.89 Å². The van der Waals surface area contributed by atoms with E-state index in [9.17, 15) is 19.6 Å². The molecule has 0 spiro atoms. The van der Waals surface area contributed by atoms with Crippen LogP contribution >= 0.6 is 11.3 Å². The number of carbonyl (C=O) groups excluding carboxylic acids is 1. The molecule has 0 radical (unpaired) electrons. The Morgan fingerprint density at radius 1 is 1.16 bits per heavy atom. The second-order valence-electron chi connectivity index (χ2n) is 10.6. The Balaban J connectivity index is 1.55. The number of nitrogens with one attached hydrogen (secondary N) is 1. The summed E-state index contributed by atoms with van der Waals surface area (Å²) in [6.07, 6.45) is 2.25. The van der Waals surface area contributed by atoms with Gasteiger partial charge in [-0.05, 0) is 61.9 Å². The molecule has 2 heterocycles. The van der Waals surface area contributed by atoms with Crippen molar-refractivity contribution < 1.29 is 23.4 Å². The number of benzene rings is 3. The highest BCUT2D eigenvalue weighted by molar-refractivity contribution is 7.10. The van der Waals surface area contributed by atoms with Gasteiger partial charge in [-0.15, -0.1) is 11.3 Å². The fourth-order valence-corrected chi connectivity index (χ4v) is 6.58. The number of hydrogen-bond acceptors (Lipinski definition) is 8. The number of rotatable bonds is 10. The Morgan fingerprint density at radius 3 is 2.57 bits per heavy atom. The smallest absolute Gasteiger partial charge is 0.308 e. The van der Waals surface area contributed by atoms with E-state index in [1.165, 1.54) is 30.7 Å². The third kappa shape index (κ3) is 6.27. The number of aryl methyl sites for hydroxylation is 3. The molecular weight excluding hydrogens is 584 g/mol. The third-order valence-corrected chi connectivity index (χ3v) is 8.37. The maximum Gasteiger partial charge on any atom is 0.308 e. The van der Waals surface area contributed by atoms with Gasteiger partial charge in [0, 0.05) is 29.5 Å². The first kappa shape index (κ1) is 30.7. The summed E-state index contributed by atoms with van der Waals surface area (Å²) in [6, 6.07) is 16.1. The van der Waals surface area contributed by atoms with Crippen LogP contribution < -0.4 is 4.74 Å². The Hall–Kier alpha value is -4.79. The number of aromatic nitrogens is 4. The number of aliphatic hydroxyl groups is 1. The fraction of sp³-hybridized carbons (Fsp3) is 0.242. The molecule has 0 aliphatic heterocycles. The Bertz CT molecular complexity index is 1830. The first-order chi connectivity index (χ1) is 21.1. The standard InChI is InChI=1S/C33H29F2N5O3S/c1-19-13-22(14-20(2)30(19)43-21(3)41)7-6-12-33(42,26-11-10-24(34)15-27(26)35)29(31-37-18-38-40-31)32-39-28(17-44-32)25-9-5-4-8-23(25)16-36/h4-5,8-11,13-15,17-18,29,42H,6-7,12H2,1-3H3,(H,37,38,40)/t29?,33-/m0/s1. The van der Waals surface area contributed by atoms with Gasteiger partial charge < -0.3 is 9.84 Å². The van der Waals surface area contributed by atoms with Crippen LogP contribution in [0.15, 0.2) is 66.3 Å². The molecule has 0 saturated carbocycles. The summed E-state index contributed by atoms with van der Waals surface area (Å²) in [7, 11) is 0. The van der Waals surface area contributed by atoms with Crippen molar-refractivity contribution in [2.45, 2.75) is 51.6 Å². The van der Waals surface area contributed by atoms with E-state index in [1.54, 1.807) is 29.6 Å². The normalized spacial score (nSPS) is 13.2.